The van der Waals surface area contributed by atoms with Crippen molar-refractivity contribution in [2.24, 2.45) is 0 Å². The van der Waals surface area contributed by atoms with Crippen molar-refractivity contribution in [2.45, 2.75) is 0 Å². The van der Waals surface area contributed by atoms with Gasteiger partial charge in [0.05, 0.1) is 0 Å². The first kappa shape index (κ1) is 14.1. The number of fused-ring (bicyclic) bond motifs is 3. The zero-order valence-corrected chi connectivity index (χ0v) is 13.3. The van der Waals surface area contributed by atoms with Gasteiger partial charge >= 0.3 is 0 Å². The largest absolute Gasteiger partial charge is 0.289 e. The number of hydrogen-bond donors (Lipinski definition) is 0. The summed E-state index contributed by atoms with van der Waals surface area (Å²) in [6, 6.07) is 24.0. The third-order valence-corrected chi connectivity index (χ3v) is 4.90. The van der Waals surface area contributed by atoms with E-state index in [0.717, 1.165) is 21.9 Å². The highest BCUT2D eigenvalue weighted by Gasteiger charge is 2.23. The molecule has 2 heteroatoms. The van der Waals surface area contributed by atoms with Crippen molar-refractivity contribution in [1.29, 1.82) is 0 Å². The predicted octanol–water partition coefficient (Wildman–Crippen LogP) is 5.86. The number of carbonyl (C=O) groups excluding carboxylic acids is 1. The Balaban J connectivity index is 1.77. The summed E-state index contributed by atoms with van der Waals surface area (Å²) in [6.45, 7) is 0. The zero-order valence-electron chi connectivity index (χ0n) is 13.3. The molecule has 0 aliphatic heterocycles. The van der Waals surface area contributed by atoms with Gasteiger partial charge in [0.1, 0.15) is 5.82 Å². The molecule has 0 spiro atoms. The summed E-state index contributed by atoms with van der Waals surface area (Å²) >= 11 is 0. The fourth-order valence-electron chi connectivity index (χ4n) is 3.76. The van der Waals surface area contributed by atoms with Crippen LogP contribution in [0.4, 0.5) is 4.39 Å². The first-order valence-corrected chi connectivity index (χ1v) is 8.20. The van der Waals surface area contributed by atoms with Crippen LogP contribution in [-0.2, 0) is 0 Å². The van der Waals surface area contributed by atoms with Gasteiger partial charge in [-0.3, -0.25) is 4.79 Å². The van der Waals surface area contributed by atoms with E-state index in [-0.39, 0.29) is 11.6 Å². The molecule has 1 aliphatic carbocycles. The third-order valence-electron chi connectivity index (χ3n) is 4.90. The molecule has 4 aromatic carbocycles. The summed E-state index contributed by atoms with van der Waals surface area (Å²) in [6.07, 6.45) is 0. The van der Waals surface area contributed by atoms with Crippen LogP contribution in [0, 0.1) is 5.82 Å². The maximum Gasteiger partial charge on any atom is 0.193 e. The second-order valence-electron chi connectivity index (χ2n) is 6.27. The lowest BCUT2D eigenvalue weighted by atomic mass is 9.94. The van der Waals surface area contributed by atoms with Crippen molar-refractivity contribution in [3.05, 3.63) is 95.8 Å². The van der Waals surface area contributed by atoms with Crippen LogP contribution in [0.5, 0.6) is 0 Å². The Kier molecular flexibility index (Phi) is 2.89. The van der Waals surface area contributed by atoms with Crippen LogP contribution in [0.3, 0.4) is 0 Å². The number of rotatable bonds is 2. The van der Waals surface area contributed by atoms with E-state index >= 15 is 0 Å². The highest BCUT2D eigenvalue weighted by Crippen LogP contribution is 2.47. The molecule has 0 N–H and O–H groups in total. The average molecular weight is 324 g/mol. The molecule has 0 saturated heterocycles. The minimum Gasteiger partial charge on any atom is -0.289 e. The molecule has 0 heterocycles. The van der Waals surface area contributed by atoms with Gasteiger partial charge in [0.25, 0.3) is 0 Å². The van der Waals surface area contributed by atoms with Gasteiger partial charge in [-0.05, 0) is 63.4 Å². The monoisotopic (exact) mass is 324 g/mol. The van der Waals surface area contributed by atoms with E-state index in [9.17, 15) is 9.18 Å². The van der Waals surface area contributed by atoms with Crippen molar-refractivity contribution in [3.8, 4) is 22.3 Å². The van der Waals surface area contributed by atoms with E-state index < -0.39 is 0 Å². The minimum atomic E-state index is -0.340. The molecule has 0 amide bonds. The summed E-state index contributed by atoms with van der Waals surface area (Å²) in [5.41, 5.74) is 5.88. The number of benzene rings is 4. The lowest BCUT2D eigenvalue weighted by Gasteiger charge is -2.08. The molecule has 0 radical (unpaired) electrons. The zero-order chi connectivity index (χ0) is 17.0. The molecule has 0 atom stereocenters. The first-order chi connectivity index (χ1) is 12.2. The Morgan fingerprint density at radius 1 is 0.640 bits per heavy atom. The molecular formula is C23H13FO. The summed E-state index contributed by atoms with van der Waals surface area (Å²) in [5.74, 6) is -0.424. The van der Waals surface area contributed by atoms with Crippen molar-refractivity contribution >= 4 is 16.6 Å². The molecule has 0 fully saturated rings. The Morgan fingerprint density at radius 2 is 1.28 bits per heavy atom. The van der Waals surface area contributed by atoms with Crippen LogP contribution in [0.1, 0.15) is 15.9 Å². The van der Waals surface area contributed by atoms with E-state index in [1.54, 1.807) is 0 Å². The van der Waals surface area contributed by atoms with Crippen LogP contribution in [0.15, 0.2) is 78.9 Å². The van der Waals surface area contributed by atoms with Gasteiger partial charge in [-0.25, -0.2) is 4.39 Å². The predicted molar refractivity (Wildman–Crippen MR) is 98.2 cm³/mol. The lowest BCUT2D eigenvalue weighted by molar-refractivity contribution is 0.104. The van der Waals surface area contributed by atoms with E-state index in [2.05, 4.69) is 18.2 Å². The van der Waals surface area contributed by atoms with Crippen LogP contribution >= 0.6 is 0 Å². The Morgan fingerprint density at radius 3 is 2.00 bits per heavy atom. The highest BCUT2D eigenvalue weighted by atomic mass is 19.1. The summed E-state index contributed by atoms with van der Waals surface area (Å²) in [5, 5.41) is 2.07. The van der Waals surface area contributed by atoms with Gasteiger partial charge in [-0.2, -0.15) is 0 Å². The second kappa shape index (κ2) is 5.12. The van der Waals surface area contributed by atoms with Crippen molar-refractivity contribution < 1.29 is 9.18 Å². The van der Waals surface area contributed by atoms with E-state index in [1.165, 1.54) is 35.4 Å². The molecule has 1 nitrogen and oxygen atoms in total. The van der Waals surface area contributed by atoms with Crippen LogP contribution in [-0.4, -0.2) is 5.78 Å². The normalized spacial score (nSPS) is 11.6. The summed E-state index contributed by atoms with van der Waals surface area (Å²) < 4.78 is 13.2. The number of halogens is 1. The molecule has 25 heavy (non-hydrogen) atoms. The van der Waals surface area contributed by atoms with Crippen molar-refractivity contribution in [1.82, 2.24) is 0 Å². The molecule has 0 unspecified atom stereocenters. The van der Waals surface area contributed by atoms with Crippen LogP contribution in [0.25, 0.3) is 33.0 Å². The van der Waals surface area contributed by atoms with Gasteiger partial charge in [-0.15, -0.1) is 0 Å². The Hall–Kier alpha value is -3.26. The molecule has 0 bridgehead atoms. The van der Waals surface area contributed by atoms with E-state index in [1.807, 2.05) is 36.4 Å². The number of ketones is 1. The third kappa shape index (κ3) is 1.97. The Labute approximate surface area is 144 Å². The fourth-order valence-corrected chi connectivity index (χ4v) is 3.76. The SMILES string of the molecule is O=C(c1ccc(F)cc1)c1ccc2c3c(cccc13)-c1ccccc1-2. The van der Waals surface area contributed by atoms with Gasteiger partial charge in [-0.1, -0.05) is 48.5 Å². The molecule has 0 saturated carbocycles. The molecular weight excluding hydrogens is 311 g/mol. The molecule has 5 rings (SSSR count). The number of hydrogen-bond acceptors (Lipinski definition) is 1. The minimum absolute atomic E-state index is 0.0837. The van der Waals surface area contributed by atoms with Crippen molar-refractivity contribution in [2.75, 3.05) is 0 Å². The van der Waals surface area contributed by atoms with Crippen LogP contribution in [0.2, 0.25) is 0 Å². The Bertz CT molecular complexity index is 1130. The quantitative estimate of drug-likeness (QED) is 0.372. The van der Waals surface area contributed by atoms with Gasteiger partial charge in [0.15, 0.2) is 5.78 Å². The molecule has 4 aromatic rings. The number of carbonyl (C=O) groups is 1. The highest BCUT2D eigenvalue weighted by molar-refractivity contribution is 6.23. The van der Waals surface area contributed by atoms with Gasteiger partial charge < -0.3 is 0 Å². The molecule has 0 aromatic heterocycles. The van der Waals surface area contributed by atoms with Gasteiger partial charge in [0, 0.05) is 11.1 Å². The maximum absolute atomic E-state index is 13.2. The van der Waals surface area contributed by atoms with Gasteiger partial charge in [0.2, 0.25) is 0 Å². The smallest absolute Gasteiger partial charge is 0.193 e. The van der Waals surface area contributed by atoms with E-state index in [0.29, 0.717) is 11.1 Å². The van der Waals surface area contributed by atoms with E-state index in [4.69, 9.17) is 0 Å². The molecule has 1 aliphatic rings. The molecule has 118 valence electrons. The average Bonchev–Trinajstić information content (AvgIpc) is 2.98. The maximum atomic E-state index is 13.2. The standard InChI is InChI=1S/C23H13FO/c24-15-10-8-14(9-11-15)23(25)21-13-12-20-17-5-2-1-4-16(17)18-6-3-7-19(21)22(18)20/h1-13H. The fraction of sp³-hybridized carbons (Fsp3) is 0. The summed E-state index contributed by atoms with van der Waals surface area (Å²) in [7, 11) is 0. The van der Waals surface area contributed by atoms with Crippen LogP contribution < -0.4 is 0 Å². The first-order valence-electron chi connectivity index (χ1n) is 8.20. The second-order valence-corrected chi connectivity index (χ2v) is 6.27. The topological polar surface area (TPSA) is 17.1 Å². The summed E-state index contributed by atoms with van der Waals surface area (Å²) in [4.78, 5) is 13.0. The van der Waals surface area contributed by atoms with Crippen molar-refractivity contribution in [3.63, 3.8) is 0 Å². The lowest BCUT2D eigenvalue weighted by Crippen LogP contribution is -2.02.